The van der Waals surface area contributed by atoms with Gasteiger partial charge in [-0.15, -0.1) is 0 Å². The largest absolute Gasteiger partial charge is 0.347 e. The van der Waals surface area contributed by atoms with Gasteiger partial charge in [0.15, 0.2) is 0 Å². The number of rotatable bonds is 6. The summed E-state index contributed by atoms with van der Waals surface area (Å²) in [7, 11) is 0. The molecule has 5 heteroatoms. The molecule has 4 aromatic rings. The number of aryl methyl sites for hydroxylation is 1. The summed E-state index contributed by atoms with van der Waals surface area (Å²) >= 11 is 0. The first-order chi connectivity index (χ1) is 14.2. The van der Waals surface area contributed by atoms with E-state index in [9.17, 15) is 4.79 Å². The fraction of sp³-hybridized carbons (Fsp3) is 0.125. The molecule has 4 rings (SSSR count). The van der Waals surface area contributed by atoms with Crippen LogP contribution in [-0.2, 0) is 13.1 Å². The summed E-state index contributed by atoms with van der Waals surface area (Å²) in [5.41, 5.74) is 6.01. The van der Waals surface area contributed by atoms with E-state index in [2.05, 4.69) is 34.3 Å². The van der Waals surface area contributed by atoms with Gasteiger partial charge in [-0.3, -0.25) is 14.8 Å². The second-order valence-electron chi connectivity index (χ2n) is 6.95. The van der Waals surface area contributed by atoms with E-state index in [0.29, 0.717) is 18.8 Å². The first-order valence-corrected chi connectivity index (χ1v) is 9.53. The van der Waals surface area contributed by atoms with E-state index in [0.717, 1.165) is 16.7 Å². The molecule has 0 aliphatic carbocycles. The predicted molar refractivity (Wildman–Crippen MR) is 113 cm³/mol. The van der Waals surface area contributed by atoms with Crippen molar-refractivity contribution in [1.29, 1.82) is 0 Å². The van der Waals surface area contributed by atoms with Crippen molar-refractivity contribution in [1.82, 2.24) is 19.9 Å². The topological polar surface area (TPSA) is 59.8 Å². The fourth-order valence-electron chi connectivity index (χ4n) is 3.28. The Morgan fingerprint density at radius 2 is 1.79 bits per heavy atom. The molecule has 0 saturated heterocycles. The minimum absolute atomic E-state index is 0.109. The predicted octanol–water partition coefficient (Wildman–Crippen LogP) is 4.23. The van der Waals surface area contributed by atoms with E-state index < -0.39 is 0 Å². The molecular formula is C24H22N4O. The number of pyridine rings is 2. The van der Waals surface area contributed by atoms with Gasteiger partial charge in [0.25, 0.3) is 5.91 Å². The molecule has 0 atom stereocenters. The summed E-state index contributed by atoms with van der Waals surface area (Å²) in [6.07, 6.45) is 9.03. The van der Waals surface area contributed by atoms with Gasteiger partial charge >= 0.3 is 0 Å². The molecule has 3 aromatic heterocycles. The summed E-state index contributed by atoms with van der Waals surface area (Å²) in [5, 5.41) is 3.01. The Labute approximate surface area is 170 Å². The van der Waals surface area contributed by atoms with Crippen LogP contribution < -0.4 is 5.32 Å². The standard InChI is InChI=1S/C24H22N4O/c1-18-5-2-3-7-21(18)16-28-17-22(20-8-11-25-12-9-20)13-23(28)24(29)27-15-19-6-4-10-26-14-19/h2-14,17H,15-16H2,1H3,(H,27,29). The van der Waals surface area contributed by atoms with Crippen LogP contribution in [0, 0.1) is 6.92 Å². The van der Waals surface area contributed by atoms with Crippen LogP contribution in [0.2, 0.25) is 0 Å². The molecule has 0 unspecified atom stereocenters. The lowest BCUT2D eigenvalue weighted by atomic mass is 10.1. The maximum atomic E-state index is 13.0. The number of carbonyl (C=O) groups is 1. The fourth-order valence-corrected chi connectivity index (χ4v) is 3.28. The Kier molecular flexibility index (Phi) is 5.47. The third-order valence-corrected chi connectivity index (χ3v) is 4.92. The summed E-state index contributed by atoms with van der Waals surface area (Å²) in [5.74, 6) is -0.109. The third kappa shape index (κ3) is 4.41. The third-order valence-electron chi connectivity index (χ3n) is 4.92. The Balaban J connectivity index is 1.64. The smallest absolute Gasteiger partial charge is 0.268 e. The molecule has 29 heavy (non-hydrogen) atoms. The Bertz CT molecular complexity index is 1100. The van der Waals surface area contributed by atoms with Gasteiger partial charge in [0.2, 0.25) is 0 Å². The van der Waals surface area contributed by atoms with Crippen molar-refractivity contribution in [3.8, 4) is 11.1 Å². The van der Waals surface area contributed by atoms with Gasteiger partial charge in [0, 0.05) is 49.6 Å². The number of nitrogens with zero attached hydrogens (tertiary/aromatic N) is 3. The molecule has 0 radical (unpaired) electrons. The van der Waals surface area contributed by atoms with Gasteiger partial charge in [-0.2, -0.15) is 0 Å². The highest BCUT2D eigenvalue weighted by Crippen LogP contribution is 2.23. The van der Waals surface area contributed by atoms with Crippen molar-refractivity contribution in [3.63, 3.8) is 0 Å². The SMILES string of the molecule is Cc1ccccc1Cn1cc(-c2ccncc2)cc1C(=O)NCc1cccnc1. The zero-order valence-corrected chi connectivity index (χ0v) is 16.2. The molecule has 1 amide bonds. The van der Waals surface area contributed by atoms with E-state index in [1.807, 2.05) is 53.2 Å². The molecule has 5 nitrogen and oxygen atoms in total. The first kappa shape index (κ1) is 18.6. The van der Waals surface area contributed by atoms with Crippen LogP contribution in [0.25, 0.3) is 11.1 Å². The van der Waals surface area contributed by atoms with E-state index >= 15 is 0 Å². The first-order valence-electron chi connectivity index (χ1n) is 9.53. The number of carbonyl (C=O) groups excluding carboxylic acids is 1. The highest BCUT2D eigenvalue weighted by molar-refractivity contribution is 5.94. The van der Waals surface area contributed by atoms with Crippen LogP contribution in [0.4, 0.5) is 0 Å². The minimum Gasteiger partial charge on any atom is -0.347 e. The second-order valence-corrected chi connectivity index (χ2v) is 6.95. The van der Waals surface area contributed by atoms with Crippen molar-refractivity contribution in [2.75, 3.05) is 0 Å². The molecule has 1 aromatic carbocycles. The normalized spacial score (nSPS) is 10.7. The van der Waals surface area contributed by atoms with Gasteiger partial charge in [0.1, 0.15) is 5.69 Å². The minimum atomic E-state index is -0.109. The highest BCUT2D eigenvalue weighted by Gasteiger charge is 2.15. The average molecular weight is 382 g/mol. The summed E-state index contributed by atoms with van der Waals surface area (Å²) in [4.78, 5) is 21.2. The number of aromatic nitrogens is 3. The van der Waals surface area contributed by atoms with E-state index in [-0.39, 0.29) is 5.91 Å². The number of benzene rings is 1. The highest BCUT2D eigenvalue weighted by atomic mass is 16.1. The summed E-state index contributed by atoms with van der Waals surface area (Å²) in [6, 6.07) is 17.9. The number of hydrogen-bond acceptors (Lipinski definition) is 3. The van der Waals surface area contributed by atoms with E-state index in [1.165, 1.54) is 11.1 Å². The van der Waals surface area contributed by atoms with Gasteiger partial charge in [-0.05, 0) is 53.4 Å². The quantitative estimate of drug-likeness (QED) is 0.543. The molecule has 0 saturated carbocycles. The Morgan fingerprint density at radius 3 is 2.55 bits per heavy atom. The van der Waals surface area contributed by atoms with Crippen LogP contribution in [0.15, 0.2) is 85.6 Å². The molecule has 1 N–H and O–H groups in total. The van der Waals surface area contributed by atoms with Gasteiger partial charge in [-0.25, -0.2) is 0 Å². The maximum absolute atomic E-state index is 13.0. The average Bonchev–Trinajstić information content (AvgIpc) is 3.19. The van der Waals surface area contributed by atoms with Crippen LogP contribution in [0.3, 0.4) is 0 Å². The maximum Gasteiger partial charge on any atom is 0.268 e. The van der Waals surface area contributed by atoms with Crippen LogP contribution >= 0.6 is 0 Å². The number of nitrogens with one attached hydrogen (secondary N) is 1. The lowest BCUT2D eigenvalue weighted by molar-refractivity contribution is 0.0942. The molecule has 0 bridgehead atoms. The van der Waals surface area contributed by atoms with Crippen LogP contribution in [-0.4, -0.2) is 20.4 Å². The van der Waals surface area contributed by atoms with Gasteiger partial charge < -0.3 is 9.88 Å². The second kappa shape index (κ2) is 8.52. The van der Waals surface area contributed by atoms with Crippen molar-refractivity contribution in [2.24, 2.45) is 0 Å². The lowest BCUT2D eigenvalue weighted by Gasteiger charge is -2.11. The monoisotopic (exact) mass is 382 g/mol. The van der Waals surface area contributed by atoms with Crippen molar-refractivity contribution in [2.45, 2.75) is 20.0 Å². The van der Waals surface area contributed by atoms with Gasteiger partial charge in [-0.1, -0.05) is 30.3 Å². The van der Waals surface area contributed by atoms with E-state index in [4.69, 9.17) is 0 Å². The van der Waals surface area contributed by atoms with Crippen molar-refractivity contribution >= 4 is 5.91 Å². The molecule has 0 spiro atoms. The van der Waals surface area contributed by atoms with Crippen molar-refractivity contribution < 1.29 is 4.79 Å². The van der Waals surface area contributed by atoms with Crippen LogP contribution in [0.1, 0.15) is 27.2 Å². The molecule has 0 aliphatic heterocycles. The molecule has 144 valence electrons. The molecular weight excluding hydrogens is 360 g/mol. The number of amides is 1. The summed E-state index contributed by atoms with van der Waals surface area (Å²) in [6.45, 7) is 3.16. The zero-order valence-electron chi connectivity index (χ0n) is 16.2. The lowest BCUT2D eigenvalue weighted by Crippen LogP contribution is -2.25. The Morgan fingerprint density at radius 1 is 0.966 bits per heavy atom. The Hall–Kier alpha value is -3.73. The zero-order chi connectivity index (χ0) is 20.1. The molecule has 0 aliphatic rings. The number of hydrogen-bond donors (Lipinski definition) is 1. The summed E-state index contributed by atoms with van der Waals surface area (Å²) < 4.78 is 2.01. The molecule has 3 heterocycles. The van der Waals surface area contributed by atoms with Crippen LogP contribution in [0.5, 0.6) is 0 Å². The van der Waals surface area contributed by atoms with E-state index in [1.54, 1.807) is 24.8 Å². The molecule has 0 fully saturated rings. The van der Waals surface area contributed by atoms with Crippen molar-refractivity contribution in [3.05, 3.63) is 108 Å². The van der Waals surface area contributed by atoms with Gasteiger partial charge in [0.05, 0.1) is 0 Å².